The number of hydrogen-bond acceptors (Lipinski definition) is 2. The van der Waals surface area contributed by atoms with Gasteiger partial charge in [-0.25, -0.2) is 0 Å². The van der Waals surface area contributed by atoms with Gasteiger partial charge in [0.1, 0.15) is 0 Å². The number of nitrogens with zero attached hydrogens (tertiary/aromatic N) is 2. The Hall–Kier alpha value is -1.61. The molecule has 4 heteroatoms. The molecule has 2 saturated heterocycles. The predicted molar refractivity (Wildman–Crippen MR) is 82.3 cm³/mol. The molecule has 2 aliphatic heterocycles. The Labute approximate surface area is 130 Å². The molecule has 2 aromatic rings. The van der Waals surface area contributed by atoms with Crippen molar-refractivity contribution in [1.82, 2.24) is 10.0 Å². The fourth-order valence-corrected chi connectivity index (χ4v) is 6.33. The third-order valence-electron chi connectivity index (χ3n) is 4.01. The summed E-state index contributed by atoms with van der Waals surface area (Å²) in [7, 11) is 0. The first-order chi connectivity index (χ1) is 10.3. The number of hydrazine groups is 1. The average molecular weight is 343 g/mol. The molecule has 0 saturated carbocycles. The molecule has 0 bridgehead atoms. The van der Waals surface area contributed by atoms with Gasteiger partial charge in [0.25, 0.3) is 0 Å². The minimum atomic E-state index is 0.235. The summed E-state index contributed by atoms with van der Waals surface area (Å²) in [6.45, 7) is 0.851. The van der Waals surface area contributed by atoms with Gasteiger partial charge in [0.05, 0.1) is 0 Å². The summed E-state index contributed by atoms with van der Waals surface area (Å²) >= 11 is 0.318. The van der Waals surface area contributed by atoms with Crippen molar-refractivity contribution in [2.75, 3.05) is 6.54 Å². The molecule has 4 rings (SSSR count). The Morgan fingerprint density at radius 1 is 0.857 bits per heavy atom. The van der Waals surface area contributed by atoms with E-state index in [0.29, 0.717) is 26.3 Å². The zero-order valence-electron chi connectivity index (χ0n) is 11.6. The van der Waals surface area contributed by atoms with Crippen molar-refractivity contribution in [3.8, 4) is 0 Å². The van der Waals surface area contributed by atoms with Gasteiger partial charge < -0.3 is 0 Å². The molecule has 2 fully saturated rings. The van der Waals surface area contributed by atoms with Crippen LogP contribution in [0.3, 0.4) is 0 Å². The summed E-state index contributed by atoms with van der Waals surface area (Å²) in [5.41, 5.74) is 2.59. The number of benzene rings is 2. The van der Waals surface area contributed by atoms with Gasteiger partial charge in [-0.15, -0.1) is 0 Å². The number of rotatable bonds is 2. The number of amides is 1. The zero-order valence-corrected chi connectivity index (χ0v) is 13.3. The van der Waals surface area contributed by atoms with Crippen LogP contribution in [0.4, 0.5) is 0 Å². The van der Waals surface area contributed by atoms with Gasteiger partial charge in [0.2, 0.25) is 0 Å². The normalized spacial score (nSPS) is 25.3. The fourth-order valence-electron chi connectivity index (χ4n) is 3.03. The SMILES string of the molecule is O=C1CCN2C(c3ccccc3)[Se]C(c3ccccc3)N12. The van der Waals surface area contributed by atoms with Crippen molar-refractivity contribution >= 4 is 20.9 Å². The summed E-state index contributed by atoms with van der Waals surface area (Å²) in [5.74, 6) is 0.268. The van der Waals surface area contributed by atoms with Crippen LogP contribution in [0, 0.1) is 0 Å². The van der Waals surface area contributed by atoms with Crippen molar-refractivity contribution in [1.29, 1.82) is 0 Å². The topological polar surface area (TPSA) is 23.6 Å². The van der Waals surface area contributed by atoms with Crippen molar-refractivity contribution in [3.05, 3.63) is 71.8 Å². The molecule has 2 atom stereocenters. The molecule has 106 valence electrons. The Kier molecular flexibility index (Phi) is 3.30. The fraction of sp³-hybridized carbons (Fsp3) is 0.235. The maximum absolute atomic E-state index is 12.3. The molecular weight excluding hydrogens is 327 g/mol. The number of carbonyl (C=O) groups is 1. The van der Waals surface area contributed by atoms with E-state index in [0.717, 1.165) is 6.54 Å². The van der Waals surface area contributed by atoms with E-state index in [1.54, 1.807) is 0 Å². The summed E-state index contributed by atoms with van der Waals surface area (Å²) in [4.78, 5) is 12.9. The van der Waals surface area contributed by atoms with E-state index in [1.165, 1.54) is 11.1 Å². The van der Waals surface area contributed by atoms with Crippen LogP contribution in [-0.4, -0.2) is 37.4 Å². The van der Waals surface area contributed by atoms with E-state index in [-0.39, 0.29) is 10.8 Å². The van der Waals surface area contributed by atoms with Crippen LogP contribution in [0.5, 0.6) is 0 Å². The predicted octanol–water partition coefficient (Wildman–Crippen LogP) is 2.55. The Bertz CT molecular complexity index is 646. The van der Waals surface area contributed by atoms with E-state index in [1.807, 2.05) is 17.1 Å². The second-order valence-electron chi connectivity index (χ2n) is 5.31. The zero-order chi connectivity index (χ0) is 14.2. The summed E-state index contributed by atoms with van der Waals surface area (Å²) < 4.78 is 0. The number of fused-ring (bicyclic) bond motifs is 1. The summed E-state index contributed by atoms with van der Waals surface area (Å²) in [6, 6.07) is 21.0. The molecule has 1 amide bonds. The Morgan fingerprint density at radius 2 is 1.43 bits per heavy atom. The molecule has 0 aromatic heterocycles. The van der Waals surface area contributed by atoms with Crippen LogP contribution < -0.4 is 0 Å². The molecule has 2 aliphatic rings. The molecular formula is C17H16N2OSe. The number of hydrogen-bond donors (Lipinski definition) is 0. The van der Waals surface area contributed by atoms with Crippen molar-refractivity contribution < 1.29 is 4.79 Å². The standard InChI is InChI=1S/C17H16N2OSe/c20-15-11-12-18-16(13-7-3-1-4-8-13)21-17(19(15)18)14-9-5-2-6-10-14/h1-10,16-17H,11-12H2. The summed E-state index contributed by atoms with van der Waals surface area (Å²) in [5, 5.41) is 4.31. The minimum absolute atomic E-state index is 0.235. The van der Waals surface area contributed by atoms with Gasteiger partial charge in [-0.2, -0.15) is 0 Å². The van der Waals surface area contributed by atoms with E-state index in [4.69, 9.17) is 0 Å². The molecule has 2 unspecified atom stereocenters. The van der Waals surface area contributed by atoms with Gasteiger partial charge >= 0.3 is 130 Å². The van der Waals surface area contributed by atoms with Crippen LogP contribution in [0.1, 0.15) is 27.4 Å². The van der Waals surface area contributed by atoms with Gasteiger partial charge in [-0.05, 0) is 0 Å². The first-order valence-corrected chi connectivity index (χ1v) is 9.16. The van der Waals surface area contributed by atoms with E-state index >= 15 is 0 Å². The van der Waals surface area contributed by atoms with Gasteiger partial charge in [-0.1, -0.05) is 0 Å². The number of carbonyl (C=O) groups excluding carboxylic acids is 1. The third-order valence-corrected chi connectivity index (χ3v) is 7.16. The molecule has 21 heavy (non-hydrogen) atoms. The quantitative estimate of drug-likeness (QED) is 0.783. The third kappa shape index (κ3) is 2.20. The van der Waals surface area contributed by atoms with Crippen molar-refractivity contribution in [2.45, 2.75) is 16.3 Å². The second kappa shape index (κ2) is 5.30. The monoisotopic (exact) mass is 344 g/mol. The van der Waals surface area contributed by atoms with E-state index in [9.17, 15) is 4.79 Å². The van der Waals surface area contributed by atoms with Crippen LogP contribution in [0.15, 0.2) is 60.7 Å². The first kappa shape index (κ1) is 13.1. The average Bonchev–Trinajstić information content (AvgIpc) is 3.10. The van der Waals surface area contributed by atoms with Crippen LogP contribution in [0.2, 0.25) is 0 Å². The molecule has 0 aliphatic carbocycles. The molecule has 3 nitrogen and oxygen atoms in total. The van der Waals surface area contributed by atoms with Gasteiger partial charge in [0, 0.05) is 0 Å². The van der Waals surface area contributed by atoms with E-state index in [2.05, 4.69) is 53.5 Å². The Morgan fingerprint density at radius 3 is 2.05 bits per heavy atom. The van der Waals surface area contributed by atoms with Crippen molar-refractivity contribution in [2.24, 2.45) is 0 Å². The van der Waals surface area contributed by atoms with E-state index < -0.39 is 0 Å². The van der Waals surface area contributed by atoms with Crippen LogP contribution in [0.25, 0.3) is 0 Å². The van der Waals surface area contributed by atoms with Crippen LogP contribution in [-0.2, 0) is 4.79 Å². The molecule has 2 aromatic carbocycles. The van der Waals surface area contributed by atoms with Gasteiger partial charge in [0.15, 0.2) is 0 Å². The van der Waals surface area contributed by atoms with Crippen molar-refractivity contribution in [3.63, 3.8) is 0 Å². The summed E-state index contributed by atoms with van der Waals surface area (Å²) in [6.07, 6.45) is 0.642. The molecule has 0 N–H and O–H groups in total. The second-order valence-corrected chi connectivity index (χ2v) is 7.76. The van der Waals surface area contributed by atoms with Gasteiger partial charge in [-0.3, -0.25) is 0 Å². The molecule has 2 heterocycles. The first-order valence-electron chi connectivity index (χ1n) is 7.18. The van der Waals surface area contributed by atoms with Crippen LogP contribution >= 0.6 is 0 Å². The molecule has 0 radical (unpaired) electrons. The maximum atomic E-state index is 12.3. The molecule has 0 spiro atoms. The Balaban J connectivity index is 1.72.